The number of aromatic carboxylic acids is 1. The van der Waals surface area contributed by atoms with Crippen molar-refractivity contribution >= 4 is 33.5 Å². The smallest absolute Gasteiger partial charge is 0.228 e. The topological polar surface area (TPSA) is 69.2 Å². The number of amides is 1. The second kappa shape index (κ2) is 6.34. The minimum absolute atomic E-state index is 0.0337. The van der Waals surface area contributed by atoms with Crippen LogP contribution in [0.4, 0.5) is 5.69 Å². The average Bonchev–Trinajstić information content (AvgIpc) is 2.41. The van der Waals surface area contributed by atoms with Gasteiger partial charge in [0.15, 0.2) is 0 Å². The molecule has 1 N–H and O–H groups in total. The number of hydrogen-bond donors (Lipinski definition) is 1. The molecule has 0 spiro atoms. The second-order valence-electron chi connectivity index (χ2n) is 4.22. The zero-order valence-electron chi connectivity index (χ0n) is 10.4. The monoisotopic (exact) mass is 332 g/mol. The standard InChI is InChI=1S/C15H12BrNO3/c16-12-6-4-10(5-7-12)8-14(18)17-13-3-1-2-11(9-13)15(19)20/h1-7,9H,8H2,(H,17,18)(H,19,20)/p-1. The van der Waals surface area contributed by atoms with Crippen LogP contribution in [0.2, 0.25) is 0 Å². The van der Waals surface area contributed by atoms with Crippen molar-refractivity contribution in [2.45, 2.75) is 6.42 Å². The Balaban J connectivity index is 2.02. The predicted octanol–water partition coefficient (Wildman–Crippen LogP) is 1.99. The lowest BCUT2D eigenvalue weighted by molar-refractivity contribution is -0.255. The Kier molecular flexibility index (Phi) is 4.53. The summed E-state index contributed by atoms with van der Waals surface area (Å²) in [5.41, 5.74) is 1.35. The molecule has 1 amide bonds. The van der Waals surface area contributed by atoms with Gasteiger partial charge in [-0.2, -0.15) is 0 Å². The molecular formula is C15H11BrNO3-. The highest BCUT2D eigenvalue weighted by Gasteiger charge is 2.05. The van der Waals surface area contributed by atoms with Crippen LogP contribution in [0.25, 0.3) is 0 Å². The number of hydrogen-bond acceptors (Lipinski definition) is 3. The molecule has 0 atom stereocenters. The Hall–Kier alpha value is -2.14. The summed E-state index contributed by atoms with van der Waals surface area (Å²) in [5.74, 6) is -1.48. The third-order valence-corrected chi connectivity index (χ3v) is 3.19. The van der Waals surface area contributed by atoms with Gasteiger partial charge < -0.3 is 15.2 Å². The van der Waals surface area contributed by atoms with Crippen molar-refractivity contribution in [2.75, 3.05) is 5.32 Å². The van der Waals surface area contributed by atoms with E-state index in [1.165, 1.54) is 12.1 Å². The number of carboxylic acids is 1. The highest BCUT2D eigenvalue weighted by Crippen LogP contribution is 2.13. The van der Waals surface area contributed by atoms with Crippen molar-refractivity contribution in [3.8, 4) is 0 Å². The number of carboxylic acid groups (broad SMARTS) is 1. The molecule has 2 aromatic rings. The fourth-order valence-electron chi connectivity index (χ4n) is 1.72. The minimum Gasteiger partial charge on any atom is -0.545 e. The third-order valence-electron chi connectivity index (χ3n) is 2.66. The van der Waals surface area contributed by atoms with Gasteiger partial charge in [-0.1, -0.05) is 40.2 Å². The molecule has 0 bridgehead atoms. The molecule has 0 aliphatic rings. The van der Waals surface area contributed by atoms with Gasteiger partial charge in [-0.25, -0.2) is 0 Å². The molecule has 0 heterocycles. The number of benzene rings is 2. The van der Waals surface area contributed by atoms with Crippen LogP contribution in [-0.2, 0) is 11.2 Å². The molecule has 0 aliphatic carbocycles. The highest BCUT2D eigenvalue weighted by molar-refractivity contribution is 9.10. The zero-order valence-corrected chi connectivity index (χ0v) is 12.0. The van der Waals surface area contributed by atoms with E-state index in [1.54, 1.807) is 12.1 Å². The van der Waals surface area contributed by atoms with Crippen molar-refractivity contribution in [1.29, 1.82) is 0 Å². The number of nitrogens with one attached hydrogen (secondary N) is 1. The molecule has 0 saturated heterocycles. The Morgan fingerprint density at radius 1 is 1.10 bits per heavy atom. The summed E-state index contributed by atoms with van der Waals surface area (Å²) >= 11 is 3.32. The fourth-order valence-corrected chi connectivity index (χ4v) is 1.98. The van der Waals surface area contributed by atoms with Gasteiger partial charge in [0, 0.05) is 10.2 Å². The van der Waals surface area contributed by atoms with Gasteiger partial charge in [0.25, 0.3) is 0 Å². The second-order valence-corrected chi connectivity index (χ2v) is 5.14. The molecule has 102 valence electrons. The third kappa shape index (κ3) is 3.93. The van der Waals surface area contributed by atoms with Crippen LogP contribution in [0.15, 0.2) is 53.0 Å². The lowest BCUT2D eigenvalue weighted by Crippen LogP contribution is -2.22. The largest absolute Gasteiger partial charge is 0.545 e. The van der Waals surface area contributed by atoms with Crippen molar-refractivity contribution in [3.05, 3.63) is 64.1 Å². The van der Waals surface area contributed by atoms with Crippen molar-refractivity contribution in [2.24, 2.45) is 0 Å². The zero-order chi connectivity index (χ0) is 14.5. The first-order valence-corrected chi connectivity index (χ1v) is 6.69. The van der Waals surface area contributed by atoms with Crippen LogP contribution in [0.1, 0.15) is 15.9 Å². The molecule has 0 radical (unpaired) electrons. The van der Waals surface area contributed by atoms with E-state index in [-0.39, 0.29) is 17.9 Å². The van der Waals surface area contributed by atoms with Gasteiger partial charge in [-0.05, 0) is 35.4 Å². The van der Waals surface area contributed by atoms with E-state index in [0.717, 1.165) is 10.0 Å². The summed E-state index contributed by atoms with van der Waals surface area (Å²) in [6, 6.07) is 13.4. The van der Waals surface area contributed by atoms with Gasteiger partial charge in [0.1, 0.15) is 0 Å². The first-order chi connectivity index (χ1) is 9.54. The quantitative estimate of drug-likeness (QED) is 0.930. The van der Waals surface area contributed by atoms with E-state index in [4.69, 9.17) is 0 Å². The molecule has 2 aromatic carbocycles. The van der Waals surface area contributed by atoms with Gasteiger partial charge in [0.05, 0.1) is 12.4 Å². The Morgan fingerprint density at radius 3 is 2.45 bits per heavy atom. The van der Waals surface area contributed by atoms with Crippen LogP contribution in [0.5, 0.6) is 0 Å². The van der Waals surface area contributed by atoms with Crippen LogP contribution >= 0.6 is 15.9 Å². The lowest BCUT2D eigenvalue weighted by Gasteiger charge is -2.08. The summed E-state index contributed by atoms with van der Waals surface area (Å²) in [4.78, 5) is 22.6. The van der Waals surface area contributed by atoms with E-state index >= 15 is 0 Å². The minimum atomic E-state index is -1.27. The normalized spacial score (nSPS) is 10.1. The van der Waals surface area contributed by atoms with Crippen molar-refractivity contribution in [3.63, 3.8) is 0 Å². The van der Waals surface area contributed by atoms with Crippen molar-refractivity contribution < 1.29 is 14.7 Å². The predicted molar refractivity (Wildman–Crippen MR) is 77.2 cm³/mol. The maximum atomic E-state index is 11.9. The van der Waals surface area contributed by atoms with Crippen LogP contribution < -0.4 is 10.4 Å². The van der Waals surface area contributed by atoms with Gasteiger partial charge in [-0.15, -0.1) is 0 Å². The fraction of sp³-hybridized carbons (Fsp3) is 0.0667. The number of carbonyl (C=O) groups is 2. The molecule has 0 fully saturated rings. The first-order valence-electron chi connectivity index (χ1n) is 5.90. The maximum absolute atomic E-state index is 11.9. The van der Waals surface area contributed by atoms with E-state index in [0.29, 0.717) is 5.69 Å². The number of halogens is 1. The maximum Gasteiger partial charge on any atom is 0.228 e. The molecule has 4 nitrogen and oxygen atoms in total. The van der Waals surface area contributed by atoms with E-state index in [1.807, 2.05) is 24.3 Å². The summed E-state index contributed by atoms with van der Waals surface area (Å²) in [6.07, 6.45) is 0.225. The van der Waals surface area contributed by atoms with Crippen LogP contribution in [-0.4, -0.2) is 11.9 Å². The molecule has 20 heavy (non-hydrogen) atoms. The number of anilines is 1. The van der Waals surface area contributed by atoms with E-state index < -0.39 is 5.97 Å². The van der Waals surface area contributed by atoms with Gasteiger partial charge in [-0.3, -0.25) is 4.79 Å². The number of rotatable bonds is 4. The molecule has 0 aromatic heterocycles. The molecule has 2 rings (SSSR count). The van der Waals surface area contributed by atoms with E-state index in [2.05, 4.69) is 21.2 Å². The van der Waals surface area contributed by atoms with Crippen LogP contribution in [0.3, 0.4) is 0 Å². The molecule has 5 heteroatoms. The van der Waals surface area contributed by atoms with E-state index in [9.17, 15) is 14.7 Å². The average molecular weight is 333 g/mol. The molecule has 0 aliphatic heterocycles. The Labute approximate surface area is 124 Å². The van der Waals surface area contributed by atoms with Gasteiger partial charge in [0.2, 0.25) is 5.91 Å². The Morgan fingerprint density at radius 2 is 1.80 bits per heavy atom. The summed E-state index contributed by atoms with van der Waals surface area (Å²) < 4.78 is 0.948. The summed E-state index contributed by atoms with van der Waals surface area (Å²) in [6.45, 7) is 0. The summed E-state index contributed by atoms with van der Waals surface area (Å²) in [7, 11) is 0. The Bertz CT molecular complexity index is 638. The molecular weight excluding hydrogens is 322 g/mol. The number of carbonyl (C=O) groups excluding carboxylic acids is 2. The van der Waals surface area contributed by atoms with Crippen molar-refractivity contribution in [1.82, 2.24) is 0 Å². The molecule has 0 unspecified atom stereocenters. The SMILES string of the molecule is O=C(Cc1ccc(Br)cc1)Nc1cccc(C(=O)[O-])c1. The summed E-state index contributed by atoms with van der Waals surface area (Å²) in [5, 5.41) is 13.4. The first kappa shape index (κ1) is 14.3. The van der Waals surface area contributed by atoms with Crippen LogP contribution in [0, 0.1) is 0 Å². The van der Waals surface area contributed by atoms with Gasteiger partial charge >= 0.3 is 0 Å². The molecule has 0 saturated carbocycles. The highest BCUT2D eigenvalue weighted by atomic mass is 79.9. The lowest BCUT2D eigenvalue weighted by atomic mass is 10.1.